The van der Waals surface area contributed by atoms with Crippen molar-refractivity contribution in [1.82, 2.24) is 19.0 Å². The summed E-state index contributed by atoms with van der Waals surface area (Å²) in [6.07, 6.45) is 2.47. The van der Waals surface area contributed by atoms with Crippen LogP contribution in [0, 0.1) is 5.92 Å². The molecule has 168 valence electrons. The monoisotopic (exact) mass is 442 g/mol. The molecule has 3 heterocycles. The fourth-order valence-corrected chi connectivity index (χ4v) is 4.87. The molecular formula is C26H26N4O3. The molecule has 0 radical (unpaired) electrons. The van der Waals surface area contributed by atoms with E-state index in [1.54, 1.807) is 27.0 Å². The Morgan fingerprint density at radius 3 is 2.48 bits per heavy atom. The predicted octanol–water partition coefficient (Wildman–Crippen LogP) is 3.79. The topological polar surface area (TPSA) is 77.2 Å². The summed E-state index contributed by atoms with van der Waals surface area (Å²) >= 11 is 0. The molecule has 0 bridgehead atoms. The van der Waals surface area contributed by atoms with Gasteiger partial charge in [0.1, 0.15) is 11.9 Å². The summed E-state index contributed by atoms with van der Waals surface area (Å²) in [7, 11) is 0. The van der Waals surface area contributed by atoms with E-state index in [1.807, 2.05) is 62.5 Å². The number of fused-ring (bicyclic) bond motifs is 3. The van der Waals surface area contributed by atoms with Crippen molar-refractivity contribution in [2.24, 2.45) is 5.92 Å². The number of para-hydroxylation sites is 2. The van der Waals surface area contributed by atoms with Gasteiger partial charge in [-0.15, -0.1) is 0 Å². The Morgan fingerprint density at radius 2 is 1.76 bits per heavy atom. The average molecular weight is 443 g/mol. The Balaban J connectivity index is 1.51. The lowest BCUT2D eigenvalue weighted by atomic mass is 9.99. The molecule has 5 rings (SSSR count). The molecule has 0 N–H and O–H groups in total. The SMILES string of the molecule is CC(=O)n1cc(CCN2Cc3nc4ccccc4c(=O)n3[C@@H](C(C)C)C2=O)c2ccccc21. The van der Waals surface area contributed by atoms with Crippen molar-refractivity contribution in [2.45, 2.75) is 39.8 Å². The van der Waals surface area contributed by atoms with Gasteiger partial charge in [-0.05, 0) is 36.1 Å². The number of carbonyl (C=O) groups is 2. The molecule has 7 nitrogen and oxygen atoms in total. The van der Waals surface area contributed by atoms with Gasteiger partial charge in [0.05, 0.1) is 23.0 Å². The standard InChI is InChI=1S/C26H26N4O3/c1-16(2)24-26(33)28(15-23-27-21-10-6-4-9-20(21)25(32)30(23)24)13-12-18-14-29(17(3)31)22-11-7-5-8-19(18)22/h4-11,14,16,24H,12-13,15H2,1-3H3/t24-/m0/s1. The number of hydrogen-bond acceptors (Lipinski definition) is 4. The van der Waals surface area contributed by atoms with Crippen molar-refractivity contribution in [2.75, 3.05) is 6.54 Å². The summed E-state index contributed by atoms with van der Waals surface area (Å²) < 4.78 is 3.25. The Bertz CT molecular complexity index is 1460. The van der Waals surface area contributed by atoms with Crippen LogP contribution in [-0.4, -0.2) is 37.4 Å². The van der Waals surface area contributed by atoms with E-state index in [4.69, 9.17) is 4.98 Å². The quantitative estimate of drug-likeness (QED) is 0.482. The van der Waals surface area contributed by atoms with Crippen molar-refractivity contribution in [3.8, 4) is 0 Å². The molecule has 33 heavy (non-hydrogen) atoms. The summed E-state index contributed by atoms with van der Waals surface area (Å²) in [4.78, 5) is 45.4. The number of hydrogen-bond donors (Lipinski definition) is 0. The number of nitrogens with zero attached hydrogens (tertiary/aromatic N) is 4. The van der Waals surface area contributed by atoms with Gasteiger partial charge in [0, 0.05) is 25.1 Å². The number of rotatable bonds is 4. The van der Waals surface area contributed by atoms with E-state index in [2.05, 4.69) is 0 Å². The maximum absolute atomic E-state index is 13.5. The van der Waals surface area contributed by atoms with Crippen LogP contribution in [0.25, 0.3) is 21.8 Å². The Morgan fingerprint density at radius 1 is 1.06 bits per heavy atom. The lowest BCUT2D eigenvalue weighted by Crippen LogP contribution is -2.49. The third-order valence-corrected chi connectivity index (χ3v) is 6.47. The van der Waals surface area contributed by atoms with Gasteiger partial charge < -0.3 is 4.90 Å². The van der Waals surface area contributed by atoms with Gasteiger partial charge in [-0.3, -0.25) is 23.5 Å². The maximum atomic E-state index is 13.5. The molecule has 1 amide bonds. The van der Waals surface area contributed by atoms with E-state index in [1.165, 1.54) is 0 Å². The van der Waals surface area contributed by atoms with Gasteiger partial charge >= 0.3 is 0 Å². The van der Waals surface area contributed by atoms with Crippen molar-refractivity contribution in [1.29, 1.82) is 0 Å². The number of benzene rings is 2. The molecule has 2 aromatic heterocycles. The van der Waals surface area contributed by atoms with Crippen LogP contribution >= 0.6 is 0 Å². The zero-order chi connectivity index (χ0) is 23.3. The first-order valence-electron chi connectivity index (χ1n) is 11.3. The van der Waals surface area contributed by atoms with Gasteiger partial charge in [-0.1, -0.05) is 44.2 Å². The molecule has 2 aromatic carbocycles. The van der Waals surface area contributed by atoms with Crippen LogP contribution in [0.2, 0.25) is 0 Å². The van der Waals surface area contributed by atoms with Crippen molar-refractivity contribution in [3.63, 3.8) is 0 Å². The molecular weight excluding hydrogens is 416 g/mol. The molecule has 4 aromatic rings. The minimum atomic E-state index is -0.586. The molecule has 0 fully saturated rings. The highest BCUT2D eigenvalue weighted by Crippen LogP contribution is 2.28. The molecule has 0 aliphatic carbocycles. The van der Waals surface area contributed by atoms with E-state index in [0.717, 1.165) is 16.5 Å². The Labute approximate surface area is 191 Å². The molecule has 1 aliphatic rings. The van der Waals surface area contributed by atoms with Crippen molar-refractivity contribution >= 4 is 33.6 Å². The van der Waals surface area contributed by atoms with Gasteiger partial charge in [-0.2, -0.15) is 0 Å². The fraction of sp³-hybridized carbons (Fsp3) is 0.308. The van der Waals surface area contributed by atoms with Gasteiger partial charge in [0.2, 0.25) is 11.8 Å². The molecule has 1 aliphatic heterocycles. The second-order valence-corrected chi connectivity index (χ2v) is 8.98. The van der Waals surface area contributed by atoms with Crippen LogP contribution in [0.15, 0.2) is 59.5 Å². The molecule has 0 saturated heterocycles. The third-order valence-electron chi connectivity index (χ3n) is 6.47. The van der Waals surface area contributed by atoms with E-state index in [0.29, 0.717) is 29.7 Å². The van der Waals surface area contributed by atoms with Gasteiger partial charge in [-0.25, -0.2) is 4.98 Å². The molecule has 0 spiro atoms. The lowest BCUT2D eigenvalue weighted by Gasteiger charge is -2.36. The normalized spacial score (nSPS) is 16.1. The van der Waals surface area contributed by atoms with E-state index in [9.17, 15) is 14.4 Å². The average Bonchev–Trinajstić information content (AvgIpc) is 3.17. The Hall–Kier alpha value is -3.74. The summed E-state index contributed by atoms with van der Waals surface area (Å²) in [6.45, 7) is 6.22. The summed E-state index contributed by atoms with van der Waals surface area (Å²) in [6, 6.07) is 14.5. The number of aromatic nitrogens is 3. The largest absolute Gasteiger partial charge is 0.333 e. The minimum absolute atomic E-state index is 0.0456. The predicted molar refractivity (Wildman–Crippen MR) is 127 cm³/mol. The van der Waals surface area contributed by atoms with Gasteiger partial charge in [0.15, 0.2) is 0 Å². The summed E-state index contributed by atoms with van der Waals surface area (Å²) in [5, 5.41) is 1.54. The first-order chi connectivity index (χ1) is 15.9. The summed E-state index contributed by atoms with van der Waals surface area (Å²) in [5.74, 6) is 0.449. The molecule has 0 saturated carbocycles. The molecule has 1 atom stereocenters. The number of amides is 1. The fourth-order valence-electron chi connectivity index (χ4n) is 4.87. The van der Waals surface area contributed by atoms with Crippen LogP contribution in [0.1, 0.15) is 43.0 Å². The first kappa shape index (κ1) is 21.1. The van der Waals surface area contributed by atoms with Crippen LogP contribution in [0.3, 0.4) is 0 Å². The zero-order valence-corrected chi connectivity index (χ0v) is 19.0. The third kappa shape index (κ3) is 3.44. The smallest absolute Gasteiger partial charge is 0.262 e. The van der Waals surface area contributed by atoms with Crippen molar-refractivity contribution in [3.05, 3.63) is 76.5 Å². The van der Waals surface area contributed by atoms with E-state index >= 15 is 0 Å². The Kier molecular flexibility index (Phi) is 5.12. The van der Waals surface area contributed by atoms with E-state index < -0.39 is 6.04 Å². The van der Waals surface area contributed by atoms with Crippen LogP contribution in [-0.2, 0) is 17.8 Å². The van der Waals surface area contributed by atoms with Gasteiger partial charge in [0.25, 0.3) is 5.56 Å². The maximum Gasteiger partial charge on any atom is 0.262 e. The van der Waals surface area contributed by atoms with Crippen molar-refractivity contribution < 1.29 is 9.59 Å². The highest BCUT2D eigenvalue weighted by molar-refractivity contribution is 5.93. The number of carbonyl (C=O) groups excluding carboxylic acids is 2. The van der Waals surface area contributed by atoms with Crippen LogP contribution in [0.5, 0.6) is 0 Å². The minimum Gasteiger partial charge on any atom is -0.333 e. The van der Waals surface area contributed by atoms with Crippen LogP contribution < -0.4 is 5.56 Å². The molecule has 7 heteroatoms. The second kappa shape index (κ2) is 7.99. The second-order valence-electron chi connectivity index (χ2n) is 8.98. The first-order valence-corrected chi connectivity index (χ1v) is 11.3. The zero-order valence-electron chi connectivity index (χ0n) is 19.0. The highest BCUT2D eigenvalue weighted by Gasteiger charge is 2.36. The highest BCUT2D eigenvalue weighted by atomic mass is 16.2. The summed E-state index contributed by atoms with van der Waals surface area (Å²) in [5.41, 5.74) is 2.38. The van der Waals surface area contributed by atoms with Crippen LogP contribution in [0.4, 0.5) is 0 Å². The molecule has 0 unspecified atom stereocenters. The van der Waals surface area contributed by atoms with E-state index in [-0.39, 0.29) is 29.8 Å². The lowest BCUT2D eigenvalue weighted by molar-refractivity contribution is -0.139.